The monoisotopic (exact) mass is 293 g/mol. The zero-order chi connectivity index (χ0) is 14.2. The van der Waals surface area contributed by atoms with Crippen LogP contribution in [0.1, 0.15) is 31.2 Å². The van der Waals surface area contributed by atoms with Crippen LogP contribution >= 0.6 is 11.6 Å². The van der Waals surface area contributed by atoms with Crippen LogP contribution in [-0.4, -0.2) is 23.7 Å². The minimum atomic E-state index is -1.14. The molecular weight excluding hydrogens is 278 g/mol. The van der Waals surface area contributed by atoms with Crippen molar-refractivity contribution in [3.05, 3.63) is 29.8 Å². The average molecular weight is 294 g/mol. The van der Waals surface area contributed by atoms with Crippen LogP contribution in [0, 0.1) is 0 Å². The first-order valence-electron chi connectivity index (χ1n) is 6.82. The molecule has 1 amide bonds. The van der Waals surface area contributed by atoms with E-state index in [0.717, 1.165) is 17.7 Å². The van der Waals surface area contributed by atoms with Crippen LogP contribution in [0.2, 0.25) is 0 Å². The first-order chi connectivity index (χ1) is 9.65. The second kappa shape index (κ2) is 5.19. The van der Waals surface area contributed by atoms with Crippen LogP contribution in [-0.2, 0) is 19.9 Å². The number of alkyl halides is 1. The number of nitrogens with one attached hydrogen (secondary N) is 1. The molecule has 2 atom stereocenters. The Labute approximate surface area is 122 Å². The van der Waals surface area contributed by atoms with Crippen LogP contribution in [0.15, 0.2) is 24.3 Å². The summed E-state index contributed by atoms with van der Waals surface area (Å²) in [7, 11) is 0. The van der Waals surface area contributed by atoms with Gasteiger partial charge in [-0.05, 0) is 18.9 Å². The van der Waals surface area contributed by atoms with Gasteiger partial charge in [-0.3, -0.25) is 9.59 Å². The molecule has 0 saturated carbocycles. The molecule has 0 unspecified atom stereocenters. The molecule has 5 heteroatoms. The van der Waals surface area contributed by atoms with Gasteiger partial charge in [0.2, 0.25) is 0 Å². The fourth-order valence-electron chi connectivity index (χ4n) is 3.02. The highest BCUT2D eigenvalue weighted by Gasteiger charge is 2.53. The Balaban J connectivity index is 1.94. The lowest BCUT2D eigenvalue weighted by Crippen LogP contribution is -2.47. The lowest BCUT2D eigenvalue weighted by Gasteiger charge is -2.36. The Morgan fingerprint density at radius 2 is 2.15 bits per heavy atom. The Morgan fingerprint density at radius 1 is 1.35 bits per heavy atom. The topological polar surface area (TPSA) is 55.4 Å². The number of carbonyl (C=O) groups is 2. The van der Waals surface area contributed by atoms with E-state index >= 15 is 0 Å². The number of Topliss-reactive ketones (excluding diaryl/α,β-unsaturated/α-hetero) is 1. The maximum absolute atomic E-state index is 12.4. The lowest BCUT2D eigenvalue weighted by atomic mass is 9.84. The second-order valence-corrected chi connectivity index (χ2v) is 5.70. The summed E-state index contributed by atoms with van der Waals surface area (Å²) in [5, 5.41) is 2.81. The van der Waals surface area contributed by atoms with Crippen LogP contribution in [0.25, 0.3) is 0 Å². The number of benzene rings is 1. The molecule has 3 rings (SSSR count). The summed E-state index contributed by atoms with van der Waals surface area (Å²) in [5.41, 5.74) is 0.375. The van der Waals surface area contributed by atoms with Gasteiger partial charge in [-0.25, -0.2) is 0 Å². The van der Waals surface area contributed by atoms with Gasteiger partial charge < -0.3 is 10.1 Å². The van der Waals surface area contributed by atoms with Gasteiger partial charge in [-0.15, -0.1) is 11.6 Å². The standard InChI is InChI=1S/C15H16ClNO3/c16-7-3-4-11-8-10(18)9-15(20-11)12-5-1-2-6-13(12)17-14(15)19/h1-2,5-6,11H,3-4,7-9H2,(H,17,19)/t11-,15+/m1/s1. The maximum Gasteiger partial charge on any atom is 0.261 e. The van der Waals surface area contributed by atoms with Gasteiger partial charge in [0.1, 0.15) is 5.78 Å². The van der Waals surface area contributed by atoms with Crippen LogP contribution < -0.4 is 5.32 Å². The van der Waals surface area contributed by atoms with Crippen molar-refractivity contribution in [1.29, 1.82) is 0 Å². The summed E-state index contributed by atoms with van der Waals surface area (Å²) in [6, 6.07) is 7.40. The number of amides is 1. The van der Waals surface area contributed by atoms with Gasteiger partial charge >= 0.3 is 0 Å². The fourth-order valence-corrected chi connectivity index (χ4v) is 3.17. The third-order valence-electron chi connectivity index (χ3n) is 3.91. The van der Waals surface area contributed by atoms with E-state index in [2.05, 4.69) is 5.32 Å². The van der Waals surface area contributed by atoms with E-state index in [-0.39, 0.29) is 24.2 Å². The quantitative estimate of drug-likeness (QED) is 0.872. The molecule has 2 aliphatic heterocycles. The number of anilines is 1. The number of ketones is 1. The molecule has 0 bridgehead atoms. The third-order valence-corrected chi connectivity index (χ3v) is 4.17. The van der Waals surface area contributed by atoms with Crippen LogP contribution in [0.4, 0.5) is 5.69 Å². The van der Waals surface area contributed by atoms with Crippen LogP contribution in [0.3, 0.4) is 0 Å². The summed E-state index contributed by atoms with van der Waals surface area (Å²) in [4.78, 5) is 24.4. The molecule has 1 aromatic carbocycles. The SMILES string of the molecule is O=C1C[C@@H](CCCCl)O[C@]2(C1)C(=O)Nc1ccccc12. The third kappa shape index (κ3) is 2.13. The number of carbonyl (C=O) groups excluding carboxylic acids is 2. The fraction of sp³-hybridized carbons (Fsp3) is 0.467. The van der Waals surface area contributed by atoms with Gasteiger partial charge in [-0.2, -0.15) is 0 Å². The molecule has 0 aromatic heterocycles. The van der Waals surface area contributed by atoms with E-state index < -0.39 is 5.60 Å². The molecule has 106 valence electrons. The highest BCUT2D eigenvalue weighted by Crippen LogP contribution is 2.45. The summed E-state index contributed by atoms with van der Waals surface area (Å²) in [5.74, 6) is 0.370. The average Bonchev–Trinajstić information content (AvgIpc) is 2.69. The lowest BCUT2D eigenvalue weighted by molar-refractivity contribution is -0.170. The van der Waals surface area contributed by atoms with Crippen molar-refractivity contribution in [2.45, 2.75) is 37.4 Å². The number of para-hydroxylation sites is 1. The summed E-state index contributed by atoms with van der Waals surface area (Å²) >= 11 is 5.70. The number of hydrogen-bond donors (Lipinski definition) is 1. The molecule has 1 N–H and O–H groups in total. The number of ether oxygens (including phenoxy) is 1. The number of halogens is 1. The minimum absolute atomic E-state index is 0.0719. The van der Waals surface area contributed by atoms with Crippen molar-refractivity contribution in [2.24, 2.45) is 0 Å². The van der Waals surface area contributed by atoms with Crippen molar-refractivity contribution < 1.29 is 14.3 Å². The number of rotatable bonds is 3. The van der Waals surface area contributed by atoms with Gasteiger partial charge in [-0.1, -0.05) is 18.2 Å². The molecule has 1 spiro atoms. The van der Waals surface area contributed by atoms with Gasteiger partial charge in [0.25, 0.3) is 5.91 Å². The molecule has 20 heavy (non-hydrogen) atoms. The van der Waals surface area contributed by atoms with Crippen molar-refractivity contribution in [1.82, 2.24) is 0 Å². The van der Waals surface area contributed by atoms with E-state index in [9.17, 15) is 9.59 Å². The summed E-state index contributed by atoms with van der Waals surface area (Å²) in [6.07, 6.45) is 1.74. The van der Waals surface area contributed by atoms with Gasteiger partial charge in [0, 0.05) is 30.0 Å². The Hall–Kier alpha value is -1.39. The Morgan fingerprint density at radius 3 is 2.95 bits per heavy atom. The Bertz CT molecular complexity index is 560. The van der Waals surface area contributed by atoms with E-state index in [1.165, 1.54) is 0 Å². The molecule has 0 aliphatic carbocycles. The molecule has 1 saturated heterocycles. The highest BCUT2D eigenvalue weighted by molar-refractivity contribution is 6.17. The predicted octanol–water partition coefficient (Wildman–Crippen LogP) is 2.60. The van der Waals surface area contributed by atoms with E-state index in [4.69, 9.17) is 16.3 Å². The first-order valence-corrected chi connectivity index (χ1v) is 7.35. The van der Waals surface area contributed by atoms with E-state index in [0.29, 0.717) is 18.7 Å². The molecule has 2 aliphatic rings. The van der Waals surface area contributed by atoms with Crippen molar-refractivity contribution >= 4 is 29.0 Å². The second-order valence-electron chi connectivity index (χ2n) is 5.32. The normalized spacial score (nSPS) is 28.6. The van der Waals surface area contributed by atoms with Crippen molar-refractivity contribution in [3.63, 3.8) is 0 Å². The number of hydrogen-bond acceptors (Lipinski definition) is 3. The van der Waals surface area contributed by atoms with E-state index in [1.54, 1.807) is 0 Å². The van der Waals surface area contributed by atoms with E-state index in [1.807, 2.05) is 24.3 Å². The molecular formula is C15H16ClNO3. The molecule has 1 aromatic rings. The first kappa shape index (κ1) is 13.6. The zero-order valence-electron chi connectivity index (χ0n) is 11.0. The van der Waals surface area contributed by atoms with Crippen LogP contribution in [0.5, 0.6) is 0 Å². The number of fused-ring (bicyclic) bond motifs is 2. The molecule has 4 nitrogen and oxygen atoms in total. The highest BCUT2D eigenvalue weighted by atomic mass is 35.5. The minimum Gasteiger partial charge on any atom is -0.356 e. The van der Waals surface area contributed by atoms with Crippen molar-refractivity contribution in [2.75, 3.05) is 11.2 Å². The van der Waals surface area contributed by atoms with Gasteiger partial charge in [0.15, 0.2) is 5.60 Å². The summed E-state index contributed by atoms with van der Waals surface area (Å²) < 4.78 is 6.05. The van der Waals surface area contributed by atoms with Gasteiger partial charge in [0.05, 0.1) is 6.10 Å². The smallest absolute Gasteiger partial charge is 0.261 e. The largest absolute Gasteiger partial charge is 0.356 e. The molecule has 1 fully saturated rings. The molecule has 2 heterocycles. The van der Waals surface area contributed by atoms with Crippen molar-refractivity contribution in [3.8, 4) is 0 Å². The zero-order valence-corrected chi connectivity index (χ0v) is 11.8. The molecule has 0 radical (unpaired) electrons. The predicted molar refractivity (Wildman–Crippen MR) is 75.8 cm³/mol. The Kier molecular flexibility index (Phi) is 3.52. The maximum atomic E-state index is 12.4. The summed E-state index contributed by atoms with van der Waals surface area (Å²) in [6.45, 7) is 0.